The first kappa shape index (κ1) is 33.0. The SMILES string of the molecule is CCCCCCCCCCCCCCCCCCOC(=O)CCCC(=O)OCc1c(F)ccc(F)c1F. The number of unbranched alkanes of at least 4 members (excludes halogenated alkanes) is 15. The van der Waals surface area contributed by atoms with Crippen molar-refractivity contribution in [3.63, 3.8) is 0 Å². The number of rotatable bonds is 23. The molecule has 7 heteroatoms. The number of ether oxygens (including phenoxy) is 2. The molecule has 0 aromatic heterocycles. The van der Waals surface area contributed by atoms with E-state index in [-0.39, 0.29) is 25.2 Å². The maximum absolute atomic E-state index is 13.6. The minimum absolute atomic E-state index is 0.0661. The molecule has 0 bridgehead atoms. The lowest BCUT2D eigenvalue weighted by Gasteiger charge is -2.08. The molecule has 37 heavy (non-hydrogen) atoms. The second-order valence-electron chi connectivity index (χ2n) is 9.86. The van der Waals surface area contributed by atoms with Crippen LogP contribution in [0, 0.1) is 17.5 Å². The van der Waals surface area contributed by atoms with Crippen LogP contribution in [0.5, 0.6) is 0 Å². The molecule has 212 valence electrons. The van der Waals surface area contributed by atoms with Crippen LogP contribution in [0.15, 0.2) is 12.1 Å². The van der Waals surface area contributed by atoms with Crippen LogP contribution < -0.4 is 0 Å². The zero-order chi connectivity index (χ0) is 27.1. The summed E-state index contributed by atoms with van der Waals surface area (Å²) in [5, 5.41) is 0. The molecular weight excluding hydrogens is 481 g/mol. The van der Waals surface area contributed by atoms with Crippen molar-refractivity contribution >= 4 is 11.9 Å². The molecule has 0 atom stereocenters. The Morgan fingerprint density at radius 1 is 0.595 bits per heavy atom. The highest BCUT2D eigenvalue weighted by molar-refractivity contribution is 5.72. The highest BCUT2D eigenvalue weighted by atomic mass is 19.2. The maximum Gasteiger partial charge on any atom is 0.306 e. The first-order valence-electron chi connectivity index (χ1n) is 14.4. The van der Waals surface area contributed by atoms with Crippen LogP contribution in [0.1, 0.15) is 134 Å². The smallest absolute Gasteiger partial charge is 0.306 e. The molecule has 1 aromatic rings. The van der Waals surface area contributed by atoms with Crippen molar-refractivity contribution in [2.24, 2.45) is 0 Å². The first-order chi connectivity index (χ1) is 18.0. The lowest BCUT2D eigenvalue weighted by molar-refractivity contribution is -0.146. The number of hydrogen-bond donors (Lipinski definition) is 0. The molecule has 0 heterocycles. The fourth-order valence-corrected chi connectivity index (χ4v) is 4.21. The van der Waals surface area contributed by atoms with Crippen molar-refractivity contribution in [1.82, 2.24) is 0 Å². The van der Waals surface area contributed by atoms with Crippen molar-refractivity contribution in [2.75, 3.05) is 6.61 Å². The van der Waals surface area contributed by atoms with Gasteiger partial charge < -0.3 is 9.47 Å². The largest absolute Gasteiger partial charge is 0.466 e. The van der Waals surface area contributed by atoms with E-state index >= 15 is 0 Å². The summed E-state index contributed by atoms with van der Waals surface area (Å²) in [6.45, 7) is 1.93. The number of carbonyl (C=O) groups is 2. The number of esters is 2. The molecule has 0 fully saturated rings. The van der Waals surface area contributed by atoms with E-state index in [4.69, 9.17) is 9.47 Å². The minimum Gasteiger partial charge on any atom is -0.466 e. The van der Waals surface area contributed by atoms with Gasteiger partial charge >= 0.3 is 11.9 Å². The van der Waals surface area contributed by atoms with E-state index in [0.717, 1.165) is 25.3 Å². The van der Waals surface area contributed by atoms with E-state index < -0.39 is 35.6 Å². The Balaban J connectivity index is 1.88. The third-order valence-corrected chi connectivity index (χ3v) is 6.54. The minimum atomic E-state index is -1.37. The molecule has 4 nitrogen and oxygen atoms in total. The second-order valence-corrected chi connectivity index (χ2v) is 9.86. The van der Waals surface area contributed by atoms with Crippen molar-refractivity contribution < 1.29 is 32.2 Å². The lowest BCUT2D eigenvalue weighted by Crippen LogP contribution is -2.10. The zero-order valence-corrected chi connectivity index (χ0v) is 22.8. The van der Waals surface area contributed by atoms with Gasteiger partial charge in [-0.05, 0) is 25.0 Å². The van der Waals surface area contributed by atoms with Gasteiger partial charge in [0.1, 0.15) is 12.4 Å². The maximum atomic E-state index is 13.6. The van der Waals surface area contributed by atoms with Crippen LogP contribution >= 0.6 is 0 Å². The molecule has 1 rings (SSSR count). The standard InChI is InChI=1S/C30H47F3O4/c1-2-3-4-5-6-7-8-9-10-11-12-13-14-15-16-17-23-36-28(34)19-18-20-29(35)37-24-25-26(31)21-22-27(32)30(25)33/h21-22H,2-20,23-24H2,1H3. The van der Waals surface area contributed by atoms with Crippen LogP contribution in [-0.4, -0.2) is 18.5 Å². The summed E-state index contributed by atoms with van der Waals surface area (Å²) in [5.74, 6) is -4.65. The average molecular weight is 529 g/mol. The molecule has 0 saturated heterocycles. The number of hydrogen-bond acceptors (Lipinski definition) is 4. The summed E-state index contributed by atoms with van der Waals surface area (Å²) >= 11 is 0. The van der Waals surface area contributed by atoms with E-state index in [1.807, 2.05) is 0 Å². The number of carbonyl (C=O) groups excluding carboxylic acids is 2. The van der Waals surface area contributed by atoms with Gasteiger partial charge in [-0.15, -0.1) is 0 Å². The van der Waals surface area contributed by atoms with Gasteiger partial charge in [0.05, 0.1) is 12.2 Å². The van der Waals surface area contributed by atoms with Crippen molar-refractivity contribution in [2.45, 2.75) is 136 Å². The summed E-state index contributed by atoms with van der Waals surface area (Å²) < 4.78 is 50.2. The van der Waals surface area contributed by atoms with Crippen molar-refractivity contribution in [3.8, 4) is 0 Å². The van der Waals surface area contributed by atoms with Crippen LogP contribution in [0.4, 0.5) is 13.2 Å². The normalized spacial score (nSPS) is 11.0. The summed E-state index contributed by atoms with van der Waals surface area (Å²) in [6, 6.07) is 1.44. The summed E-state index contributed by atoms with van der Waals surface area (Å²) in [6.07, 6.45) is 20.7. The number of benzene rings is 1. The van der Waals surface area contributed by atoms with E-state index in [1.165, 1.54) is 83.5 Å². The molecule has 0 unspecified atom stereocenters. The van der Waals surface area contributed by atoms with Crippen LogP contribution in [0.2, 0.25) is 0 Å². The van der Waals surface area contributed by atoms with Gasteiger partial charge in [0, 0.05) is 12.8 Å². The summed E-state index contributed by atoms with van der Waals surface area (Å²) in [5.41, 5.74) is -0.633. The molecule has 0 amide bonds. The molecule has 1 aromatic carbocycles. The Hall–Kier alpha value is -2.05. The molecule has 0 aliphatic rings. The van der Waals surface area contributed by atoms with Crippen molar-refractivity contribution in [1.29, 1.82) is 0 Å². The highest BCUT2D eigenvalue weighted by Gasteiger charge is 2.16. The highest BCUT2D eigenvalue weighted by Crippen LogP contribution is 2.17. The zero-order valence-electron chi connectivity index (χ0n) is 22.8. The van der Waals surface area contributed by atoms with Gasteiger partial charge in [-0.25, -0.2) is 13.2 Å². The topological polar surface area (TPSA) is 52.6 Å². The molecule has 0 aliphatic heterocycles. The fraction of sp³-hybridized carbons (Fsp3) is 0.733. The molecule has 0 spiro atoms. The van der Waals surface area contributed by atoms with Gasteiger partial charge in [-0.2, -0.15) is 0 Å². The van der Waals surface area contributed by atoms with Gasteiger partial charge in [-0.1, -0.05) is 103 Å². The molecule has 0 saturated carbocycles. The monoisotopic (exact) mass is 528 g/mol. The Morgan fingerprint density at radius 3 is 1.54 bits per heavy atom. The summed E-state index contributed by atoms with van der Waals surface area (Å²) in [4.78, 5) is 23.5. The van der Waals surface area contributed by atoms with Gasteiger partial charge in [0.15, 0.2) is 11.6 Å². The molecule has 0 N–H and O–H groups in total. The predicted molar refractivity (Wildman–Crippen MR) is 140 cm³/mol. The summed E-state index contributed by atoms with van der Waals surface area (Å²) in [7, 11) is 0. The van der Waals surface area contributed by atoms with E-state index in [2.05, 4.69) is 6.92 Å². The Morgan fingerprint density at radius 2 is 1.03 bits per heavy atom. The Bertz CT molecular complexity index is 755. The second kappa shape index (κ2) is 22.0. The van der Waals surface area contributed by atoms with Crippen LogP contribution in [0.25, 0.3) is 0 Å². The predicted octanol–water partition coefficient (Wildman–Crippen LogP) is 9.12. The third kappa shape index (κ3) is 17.2. The molecule has 0 aliphatic carbocycles. The lowest BCUT2D eigenvalue weighted by atomic mass is 10.0. The van der Waals surface area contributed by atoms with Crippen LogP contribution in [0.3, 0.4) is 0 Å². The Labute approximate surface area is 221 Å². The van der Waals surface area contributed by atoms with E-state index in [9.17, 15) is 22.8 Å². The average Bonchev–Trinajstić information content (AvgIpc) is 2.88. The third-order valence-electron chi connectivity index (χ3n) is 6.54. The van der Waals surface area contributed by atoms with E-state index in [0.29, 0.717) is 12.7 Å². The quantitative estimate of drug-likeness (QED) is 0.0807. The van der Waals surface area contributed by atoms with E-state index in [1.54, 1.807) is 0 Å². The molecular formula is C30H47F3O4. The number of halogens is 3. The van der Waals surface area contributed by atoms with Gasteiger partial charge in [-0.3, -0.25) is 9.59 Å². The molecule has 0 radical (unpaired) electrons. The first-order valence-corrected chi connectivity index (χ1v) is 14.4. The van der Waals surface area contributed by atoms with Crippen LogP contribution in [-0.2, 0) is 25.7 Å². The fourth-order valence-electron chi connectivity index (χ4n) is 4.21. The van der Waals surface area contributed by atoms with Gasteiger partial charge in [0.2, 0.25) is 0 Å². The van der Waals surface area contributed by atoms with Crippen molar-refractivity contribution in [3.05, 3.63) is 35.1 Å². The van der Waals surface area contributed by atoms with Gasteiger partial charge in [0.25, 0.3) is 0 Å². The Kier molecular flexibility index (Phi) is 19.6.